The normalized spacial score (nSPS) is 4.50. The largest absolute Gasteiger partial charge is 3.00 e. The van der Waals surface area contributed by atoms with Crippen LogP contribution in [0.4, 0.5) is 0 Å². The predicted octanol–water partition coefficient (Wildman–Crippen LogP) is -0.223. The van der Waals surface area contributed by atoms with E-state index in [-0.39, 0.29) is 17.1 Å². The Hall–Kier alpha value is 0.479. The van der Waals surface area contributed by atoms with E-state index in [1.807, 2.05) is 0 Å². The van der Waals surface area contributed by atoms with E-state index in [4.69, 9.17) is 5.73 Å². The third-order valence-electron chi connectivity index (χ3n) is 0. The van der Waals surface area contributed by atoms with E-state index in [0.29, 0.717) is 6.54 Å². The molecule has 2 N–H and O–H groups in total. The Labute approximate surface area is 37.0 Å². The molecular weight excluding hydrogens is 93.9 g/mol. The van der Waals surface area contributed by atoms with Gasteiger partial charge in [0.1, 0.15) is 0 Å². The molecule has 0 aromatic rings. The zero-order valence-corrected chi connectivity index (χ0v) is 3.45. The van der Waals surface area contributed by atoms with E-state index in [2.05, 4.69) is 6.92 Å². The molecule has 0 bridgehead atoms. The van der Waals surface area contributed by atoms with Crippen molar-refractivity contribution in [2.24, 2.45) is 5.73 Å². The molecule has 4 heavy (non-hydrogen) atoms. The molecule has 0 saturated heterocycles. The van der Waals surface area contributed by atoms with Gasteiger partial charge in [0.05, 0.1) is 0 Å². The molecule has 0 atom stereocenters. The van der Waals surface area contributed by atoms with Gasteiger partial charge in [0.15, 0.2) is 0 Å². The second-order valence-corrected chi connectivity index (χ2v) is 0.289. The molecule has 2 heteroatoms. The van der Waals surface area contributed by atoms with Crippen molar-refractivity contribution in [2.45, 2.75) is 0 Å². The summed E-state index contributed by atoms with van der Waals surface area (Å²) in [5.41, 5.74) is 4.74. The SMILES string of the molecule is [CH2-]CN.[Fe+3]. The first-order chi connectivity index (χ1) is 1.41. The van der Waals surface area contributed by atoms with Gasteiger partial charge in [-0.05, 0) is 0 Å². The predicted molar refractivity (Wildman–Crippen MR) is 14.4 cm³/mol. The molecule has 0 rings (SSSR count). The minimum absolute atomic E-state index is 0. The molecule has 1 nitrogen and oxygen atoms in total. The molecule has 1 radical (unpaired) electrons. The van der Waals surface area contributed by atoms with Crippen LogP contribution < -0.4 is 5.73 Å². The van der Waals surface area contributed by atoms with Gasteiger partial charge in [-0.15, -0.1) is 6.54 Å². The Kier molecular flexibility index (Phi) is 21.6. The number of rotatable bonds is 0. The van der Waals surface area contributed by atoms with Crippen LogP contribution in [0.2, 0.25) is 0 Å². The Bertz CT molecular complexity index is 6.00. The topological polar surface area (TPSA) is 26.0 Å². The maximum Gasteiger partial charge on any atom is 3.00 e. The summed E-state index contributed by atoms with van der Waals surface area (Å²) in [5.74, 6) is 0. The van der Waals surface area contributed by atoms with Crippen LogP contribution in [0.1, 0.15) is 0 Å². The van der Waals surface area contributed by atoms with Crippen LogP contribution in [0.25, 0.3) is 0 Å². The van der Waals surface area contributed by atoms with Crippen LogP contribution in [-0.2, 0) is 17.1 Å². The van der Waals surface area contributed by atoms with E-state index in [0.717, 1.165) is 0 Å². The van der Waals surface area contributed by atoms with E-state index in [9.17, 15) is 0 Å². The van der Waals surface area contributed by atoms with Crippen LogP contribution in [-0.4, -0.2) is 6.54 Å². The Balaban J connectivity index is 0. The molecule has 0 saturated carbocycles. The van der Waals surface area contributed by atoms with E-state index >= 15 is 0 Å². The summed E-state index contributed by atoms with van der Waals surface area (Å²) in [6.45, 7) is 3.76. The van der Waals surface area contributed by atoms with Crippen molar-refractivity contribution >= 4 is 0 Å². The van der Waals surface area contributed by atoms with Gasteiger partial charge in [0.25, 0.3) is 0 Å². The minimum atomic E-state index is 0. The average molecular weight is 99.9 g/mol. The van der Waals surface area contributed by atoms with Gasteiger partial charge in [-0.25, -0.2) is 0 Å². The minimum Gasteiger partial charge on any atom is -0.360 e. The Morgan fingerprint density at radius 2 is 1.75 bits per heavy atom. The van der Waals surface area contributed by atoms with E-state index in [1.54, 1.807) is 0 Å². The second kappa shape index (κ2) is 9.77. The van der Waals surface area contributed by atoms with Gasteiger partial charge in [-0.3, -0.25) is 0 Å². The van der Waals surface area contributed by atoms with Crippen molar-refractivity contribution in [3.05, 3.63) is 6.92 Å². The zero-order valence-electron chi connectivity index (χ0n) is 2.35. The van der Waals surface area contributed by atoms with Gasteiger partial charge in [0.2, 0.25) is 0 Å². The fourth-order valence-corrected chi connectivity index (χ4v) is 0. The molecule has 0 aromatic carbocycles. The quantitative estimate of drug-likeness (QED) is 0.330. The van der Waals surface area contributed by atoms with Crippen molar-refractivity contribution in [1.29, 1.82) is 0 Å². The van der Waals surface area contributed by atoms with Crippen LogP contribution in [0.5, 0.6) is 0 Å². The monoisotopic (exact) mass is 100.0 g/mol. The summed E-state index contributed by atoms with van der Waals surface area (Å²) in [4.78, 5) is 0. The third kappa shape index (κ3) is 23.6. The third-order valence-corrected chi connectivity index (χ3v) is 0. The molecule has 0 aliphatic carbocycles. The van der Waals surface area contributed by atoms with Gasteiger partial charge in [-0.2, -0.15) is 0 Å². The molecule has 25 valence electrons. The molecule has 0 amide bonds. The summed E-state index contributed by atoms with van der Waals surface area (Å²) < 4.78 is 0. The second-order valence-electron chi connectivity index (χ2n) is 0.289. The smallest absolute Gasteiger partial charge is 0.360 e. The van der Waals surface area contributed by atoms with Crippen molar-refractivity contribution in [3.63, 3.8) is 0 Å². The maximum atomic E-state index is 4.74. The summed E-state index contributed by atoms with van der Waals surface area (Å²) >= 11 is 0. The fraction of sp³-hybridized carbons (Fsp3) is 0.500. The van der Waals surface area contributed by atoms with Crippen LogP contribution in [0.3, 0.4) is 0 Å². The van der Waals surface area contributed by atoms with Gasteiger partial charge in [0, 0.05) is 0 Å². The van der Waals surface area contributed by atoms with Crippen molar-refractivity contribution < 1.29 is 17.1 Å². The molecule has 0 aromatic heterocycles. The summed E-state index contributed by atoms with van der Waals surface area (Å²) in [7, 11) is 0. The maximum absolute atomic E-state index is 4.74. The van der Waals surface area contributed by atoms with Crippen molar-refractivity contribution in [3.8, 4) is 0 Å². The van der Waals surface area contributed by atoms with Crippen molar-refractivity contribution in [2.75, 3.05) is 6.54 Å². The number of hydrogen-bond acceptors (Lipinski definition) is 1. The fourth-order valence-electron chi connectivity index (χ4n) is 0. The summed E-state index contributed by atoms with van der Waals surface area (Å²) in [6.07, 6.45) is 0. The number of nitrogens with two attached hydrogens (primary N) is 1. The van der Waals surface area contributed by atoms with Crippen LogP contribution in [0.15, 0.2) is 0 Å². The van der Waals surface area contributed by atoms with Gasteiger partial charge < -0.3 is 12.7 Å². The van der Waals surface area contributed by atoms with Gasteiger partial charge in [-0.1, -0.05) is 0 Å². The van der Waals surface area contributed by atoms with Crippen molar-refractivity contribution in [1.82, 2.24) is 0 Å². The summed E-state index contributed by atoms with van der Waals surface area (Å²) in [5, 5.41) is 0. The van der Waals surface area contributed by atoms with Crippen LogP contribution >= 0.6 is 0 Å². The van der Waals surface area contributed by atoms with E-state index in [1.165, 1.54) is 0 Å². The van der Waals surface area contributed by atoms with Gasteiger partial charge >= 0.3 is 17.1 Å². The molecule has 0 unspecified atom stereocenters. The standard InChI is InChI=1S/C2H6N.Fe/c1-2-3;/h1-3H2;/q-1;+3. The Morgan fingerprint density at radius 3 is 1.75 bits per heavy atom. The van der Waals surface area contributed by atoms with E-state index < -0.39 is 0 Å². The Morgan fingerprint density at radius 1 is 1.75 bits per heavy atom. The van der Waals surface area contributed by atoms with Crippen LogP contribution in [0, 0.1) is 6.92 Å². The first-order valence-electron chi connectivity index (χ1n) is 0.908. The molecule has 0 spiro atoms. The zero-order chi connectivity index (χ0) is 2.71. The average Bonchev–Trinajstić information content (AvgIpc) is 0.918. The summed E-state index contributed by atoms with van der Waals surface area (Å²) in [6, 6.07) is 0. The number of hydrogen-bond donors (Lipinski definition) is 1. The molecule has 0 aliphatic heterocycles. The molecule has 0 heterocycles. The first-order valence-corrected chi connectivity index (χ1v) is 0.908. The molecular formula is C2H6FeN+2. The molecule has 0 aliphatic rings. The molecule has 0 fully saturated rings. The first kappa shape index (κ1) is 8.82.